The number of esters is 1. The topological polar surface area (TPSA) is 26.3 Å². The molecule has 0 aliphatic heterocycles. The molecule has 2 aliphatic rings. The third-order valence-corrected chi connectivity index (χ3v) is 5.46. The highest BCUT2D eigenvalue weighted by molar-refractivity contribution is 5.72. The van der Waals surface area contributed by atoms with Crippen LogP contribution >= 0.6 is 0 Å². The van der Waals surface area contributed by atoms with Crippen molar-refractivity contribution >= 4 is 5.97 Å². The summed E-state index contributed by atoms with van der Waals surface area (Å²) in [6.45, 7) is 4.37. The normalized spacial score (nSPS) is 28.4. The van der Waals surface area contributed by atoms with E-state index in [-0.39, 0.29) is 18.0 Å². The molecule has 2 fully saturated rings. The van der Waals surface area contributed by atoms with Crippen molar-refractivity contribution in [2.45, 2.75) is 90.6 Å². The molecule has 2 nitrogen and oxygen atoms in total. The van der Waals surface area contributed by atoms with Crippen LogP contribution < -0.4 is 0 Å². The number of rotatable bonds is 10. The van der Waals surface area contributed by atoms with Crippen LogP contribution in [0.3, 0.4) is 0 Å². The molecule has 0 amide bonds. The van der Waals surface area contributed by atoms with E-state index in [9.17, 15) is 4.79 Å². The van der Waals surface area contributed by atoms with E-state index in [0.717, 1.165) is 44.4 Å². The number of ether oxygens (including phenoxy) is 1. The highest BCUT2D eigenvalue weighted by Gasteiger charge is 2.42. The van der Waals surface area contributed by atoms with E-state index in [2.05, 4.69) is 26.0 Å². The zero-order valence-electron chi connectivity index (χ0n) is 14.6. The second kappa shape index (κ2) is 9.37. The predicted octanol–water partition coefficient (Wildman–Crippen LogP) is 5.66. The summed E-state index contributed by atoms with van der Waals surface area (Å²) >= 11 is 0. The Balaban J connectivity index is 1.71. The minimum atomic E-state index is 0.0944. The molecule has 0 radical (unpaired) electrons. The van der Waals surface area contributed by atoms with Crippen molar-refractivity contribution in [2.24, 2.45) is 17.8 Å². The Morgan fingerprint density at radius 2 is 1.91 bits per heavy atom. The van der Waals surface area contributed by atoms with Gasteiger partial charge in [0.2, 0.25) is 0 Å². The Labute approximate surface area is 136 Å². The Morgan fingerprint density at radius 3 is 2.55 bits per heavy atom. The molecular formula is C20H34O2. The van der Waals surface area contributed by atoms with Gasteiger partial charge in [-0.2, -0.15) is 0 Å². The molecule has 0 saturated heterocycles. The zero-order valence-corrected chi connectivity index (χ0v) is 14.6. The van der Waals surface area contributed by atoms with Crippen molar-refractivity contribution in [2.75, 3.05) is 0 Å². The summed E-state index contributed by atoms with van der Waals surface area (Å²) in [6.07, 6.45) is 17.5. The number of carbonyl (C=O) groups is 1. The van der Waals surface area contributed by atoms with Crippen molar-refractivity contribution < 1.29 is 9.53 Å². The van der Waals surface area contributed by atoms with Crippen LogP contribution in [0.5, 0.6) is 0 Å². The number of hydrogen-bond acceptors (Lipinski definition) is 2. The summed E-state index contributed by atoms with van der Waals surface area (Å²) in [6, 6.07) is 0. The molecule has 0 spiro atoms. The summed E-state index contributed by atoms with van der Waals surface area (Å²) in [5.41, 5.74) is 0. The van der Waals surface area contributed by atoms with Crippen LogP contribution in [0.1, 0.15) is 84.5 Å². The number of unbranched alkanes of at least 4 members (excludes halogenated alkanes) is 2. The van der Waals surface area contributed by atoms with E-state index >= 15 is 0 Å². The number of carbonyl (C=O) groups excluding carboxylic acids is 1. The maximum absolute atomic E-state index is 12.5. The van der Waals surface area contributed by atoms with Crippen molar-refractivity contribution in [3.8, 4) is 0 Å². The van der Waals surface area contributed by atoms with E-state index < -0.39 is 0 Å². The first kappa shape index (κ1) is 17.6. The van der Waals surface area contributed by atoms with Gasteiger partial charge in [0, 0.05) is 0 Å². The highest BCUT2D eigenvalue weighted by atomic mass is 16.5. The number of allylic oxidation sites excluding steroid dienone is 2. The molecule has 0 aromatic heterocycles. The van der Waals surface area contributed by atoms with Crippen LogP contribution in [0.15, 0.2) is 12.2 Å². The molecule has 2 aliphatic carbocycles. The number of fused-ring (bicyclic) bond motifs is 2. The van der Waals surface area contributed by atoms with Gasteiger partial charge >= 0.3 is 5.97 Å². The van der Waals surface area contributed by atoms with Gasteiger partial charge in [0.1, 0.15) is 6.10 Å². The van der Waals surface area contributed by atoms with Crippen LogP contribution in [-0.4, -0.2) is 12.1 Å². The first-order valence-corrected chi connectivity index (χ1v) is 9.60. The maximum Gasteiger partial charge on any atom is 0.309 e. The van der Waals surface area contributed by atoms with Crippen LogP contribution in [-0.2, 0) is 9.53 Å². The second-order valence-corrected chi connectivity index (χ2v) is 7.33. The fraction of sp³-hybridized carbons (Fsp3) is 0.850. The van der Waals surface area contributed by atoms with E-state index in [4.69, 9.17) is 4.74 Å². The fourth-order valence-corrected chi connectivity index (χ4v) is 4.19. The summed E-state index contributed by atoms with van der Waals surface area (Å²) in [4.78, 5) is 12.5. The predicted molar refractivity (Wildman–Crippen MR) is 91.6 cm³/mol. The zero-order chi connectivity index (χ0) is 15.8. The largest absolute Gasteiger partial charge is 0.462 e. The molecule has 0 aromatic carbocycles. The van der Waals surface area contributed by atoms with Gasteiger partial charge in [-0.1, -0.05) is 38.8 Å². The van der Waals surface area contributed by atoms with Crippen LogP contribution in [0.4, 0.5) is 0 Å². The Bertz CT molecular complexity index is 361. The summed E-state index contributed by atoms with van der Waals surface area (Å²) < 4.78 is 5.90. The van der Waals surface area contributed by atoms with Crippen molar-refractivity contribution in [1.82, 2.24) is 0 Å². The van der Waals surface area contributed by atoms with E-state index in [1.165, 1.54) is 32.1 Å². The third-order valence-electron chi connectivity index (χ3n) is 5.46. The number of hydrogen-bond donors (Lipinski definition) is 0. The lowest BCUT2D eigenvalue weighted by molar-refractivity contribution is -0.157. The summed E-state index contributed by atoms with van der Waals surface area (Å²) in [7, 11) is 0. The van der Waals surface area contributed by atoms with Crippen molar-refractivity contribution in [3.05, 3.63) is 12.2 Å². The van der Waals surface area contributed by atoms with Crippen LogP contribution in [0.25, 0.3) is 0 Å². The van der Waals surface area contributed by atoms with E-state index in [0.29, 0.717) is 5.92 Å². The first-order chi connectivity index (χ1) is 10.7. The molecule has 4 atom stereocenters. The van der Waals surface area contributed by atoms with Crippen molar-refractivity contribution in [1.29, 1.82) is 0 Å². The minimum Gasteiger partial charge on any atom is -0.462 e. The van der Waals surface area contributed by atoms with Gasteiger partial charge in [0.05, 0.1) is 5.92 Å². The Hall–Kier alpha value is -0.790. The standard InChI is InChI=1S/C20H34O2/c1-3-5-6-7-8-9-11-17(10-4-2)20(21)22-19-15-16-12-13-18(19)14-16/h6-7,16-19H,3-5,8-15H2,1-2H3/b7-6+. The molecule has 126 valence electrons. The summed E-state index contributed by atoms with van der Waals surface area (Å²) in [5, 5.41) is 0. The minimum absolute atomic E-state index is 0.0944. The van der Waals surface area contributed by atoms with Gasteiger partial charge in [-0.05, 0) is 69.6 Å². The molecule has 2 heteroatoms. The van der Waals surface area contributed by atoms with Gasteiger partial charge in [-0.15, -0.1) is 0 Å². The van der Waals surface area contributed by atoms with Crippen LogP contribution in [0, 0.1) is 17.8 Å². The average molecular weight is 306 g/mol. The molecule has 2 bridgehead atoms. The highest BCUT2D eigenvalue weighted by Crippen LogP contribution is 2.46. The van der Waals surface area contributed by atoms with E-state index in [1.807, 2.05) is 0 Å². The molecule has 2 saturated carbocycles. The smallest absolute Gasteiger partial charge is 0.309 e. The fourth-order valence-electron chi connectivity index (χ4n) is 4.19. The lowest BCUT2D eigenvalue weighted by Crippen LogP contribution is -2.28. The van der Waals surface area contributed by atoms with Crippen molar-refractivity contribution in [3.63, 3.8) is 0 Å². The van der Waals surface area contributed by atoms with Gasteiger partial charge in [0.15, 0.2) is 0 Å². The second-order valence-electron chi connectivity index (χ2n) is 7.33. The quantitative estimate of drug-likeness (QED) is 0.296. The molecule has 0 heterocycles. The van der Waals surface area contributed by atoms with Gasteiger partial charge in [-0.3, -0.25) is 4.79 Å². The molecule has 0 N–H and O–H groups in total. The Morgan fingerprint density at radius 1 is 1.09 bits per heavy atom. The monoisotopic (exact) mass is 306 g/mol. The maximum atomic E-state index is 12.5. The molecular weight excluding hydrogens is 272 g/mol. The Kier molecular flexibility index (Phi) is 7.48. The lowest BCUT2D eigenvalue weighted by Gasteiger charge is -2.24. The van der Waals surface area contributed by atoms with Crippen LogP contribution in [0.2, 0.25) is 0 Å². The molecule has 2 rings (SSSR count). The third kappa shape index (κ3) is 5.14. The summed E-state index contributed by atoms with van der Waals surface area (Å²) in [5.74, 6) is 1.74. The van der Waals surface area contributed by atoms with Gasteiger partial charge < -0.3 is 4.74 Å². The van der Waals surface area contributed by atoms with Gasteiger partial charge in [0.25, 0.3) is 0 Å². The van der Waals surface area contributed by atoms with Gasteiger partial charge in [-0.25, -0.2) is 0 Å². The lowest BCUT2D eigenvalue weighted by atomic mass is 9.95. The van der Waals surface area contributed by atoms with E-state index in [1.54, 1.807) is 0 Å². The SMILES string of the molecule is CCC/C=C/CCCC(CCC)C(=O)OC1CC2CCC1C2. The molecule has 0 aromatic rings. The molecule has 22 heavy (non-hydrogen) atoms. The molecule has 4 unspecified atom stereocenters. The average Bonchev–Trinajstić information content (AvgIpc) is 3.12. The first-order valence-electron chi connectivity index (χ1n) is 9.60.